The summed E-state index contributed by atoms with van der Waals surface area (Å²) in [4.78, 5) is 31.7. The van der Waals surface area contributed by atoms with Crippen molar-refractivity contribution in [3.8, 4) is 5.69 Å². The molecular weight excluding hydrogens is 394 g/mol. The number of nitro benzene ring substituents is 1. The molecule has 1 fully saturated rings. The Bertz CT molecular complexity index is 1050. The number of anilines is 1. The van der Waals surface area contributed by atoms with Gasteiger partial charge in [0.2, 0.25) is 0 Å². The summed E-state index contributed by atoms with van der Waals surface area (Å²) in [6.07, 6.45) is 4.65. The van der Waals surface area contributed by atoms with Crippen LogP contribution in [0, 0.1) is 10.1 Å². The lowest BCUT2D eigenvalue weighted by Gasteiger charge is -2.36. The fourth-order valence-electron chi connectivity index (χ4n) is 3.46. The van der Waals surface area contributed by atoms with Crippen molar-refractivity contribution in [2.45, 2.75) is 0 Å². The predicted octanol–water partition coefficient (Wildman–Crippen LogP) is 3.40. The predicted molar refractivity (Wildman–Crippen MR) is 110 cm³/mol. The molecule has 0 bridgehead atoms. The number of aromatic nitrogens is 2. The lowest BCUT2D eigenvalue weighted by atomic mass is 10.1. The van der Waals surface area contributed by atoms with Crippen LogP contribution in [0.5, 0.6) is 0 Å². The van der Waals surface area contributed by atoms with Gasteiger partial charge >= 0.3 is 0 Å². The quantitative estimate of drug-likeness (QED) is 0.485. The molecule has 1 aromatic heterocycles. The molecule has 9 heteroatoms. The van der Waals surface area contributed by atoms with Gasteiger partial charge in [-0.2, -0.15) is 0 Å². The van der Waals surface area contributed by atoms with Crippen LogP contribution < -0.4 is 4.90 Å². The molecule has 0 aliphatic carbocycles. The Morgan fingerprint density at radius 3 is 2.48 bits per heavy atom. The van der Waals surface area contributed by atoms with Crippen molar-refractivity contribution in [3.63, 3.8) is 0 Å². The van der Waals surface area contributed by atoms with Crippen LogP contribution in [0.1, 0.15) is 10.4 Å². The number of piperazine rings is 1. The molecule has 0 atom stereocenters. The van der Waals surface area contributed by atoms with Crippen LogP contribution in [0.25, 0.3) is 5.69 Å². The van der Waals surface area contributed by atoms with Crippen LogP contribution in [0.15, 0.2) is 61.2 Å². The molecular formula is C20H18ClN5O3. The minimum absolute atomic E-state index is 0.136. The highest BCUT2D eigenvalue weighted by molar-refractivity contribution is 6.33. The number of benzene rings is 2. The highest BCUT2D eigenvalue weighted by Crippen LogP contribution is 2.27. The topological polar surface area (TPSA) is 84.5 Å². The van der Waals surface area contributed by atoms with Crippen molar-refractivity contribution in [1.29, 1.82) is 0 Å². The monoisotopic (exact) mass is 411 g/mol. The van der Waals surface area contributed by atoms with Gasteiger partial charge in [-0.15, -0.1) is 0 Å². The van der Waals surface area contributed by atoms with Crippen LogP contribution in [-0.4, -0.2) is 51.5 Å². The van der Waals surface area contributed by atoms with Gasteiger partial charge in [0.15, 0.2) is 0 Å². The lowest BCUT2D eigenvalue weighted by molar-refractivity contribution is -0.384. The Morgan fingerprint density at radius 1 is 1.07 bits per heavy atom. The van der Waals surface area contributed by atoms with E-state index in [0.29, 0.717) is 42.5 Å². The van der Waals surface area contributed by atoms with E-state index >= 15 is 0 Å². The fourth-order valence-corrected chi connectivity index (χ4v) is 3.72. The molecule has 1 saturated heterocycles. The molecule has 3 aromatic rings. The zero-order valence-corrected chi connectivity index (χ0v) is 16.2. The second kappa shape index (κ2) is 7.92. The highest BCUT2D eigenvalue weighted by Gasteiger charge is 2.25. The van der Waals surface area contributed by atoms with E-state index in [1.807, 2.05) is 24.3 Å². The Morgan fingerprint density at radius 2 is 1.83 bits per heavy atom. The highest BCUT2D eigenvalue weighted by atomic mass is 35.5. The Hall–Kier alpha value is -3.39. The average Bonchev–Trinajstić information content (AvgIpc) is 3.28. The van der Waals surface area contributed by atoms with Gasteiger partial charge in [0.1, 0.15) is 5.69 Å². The van der Waals surface area contributed by atoms with Crippen molar-refractivity contribution in [3.05, 3.63) is 81.9 Å². The number of imidazole rings is 1. The minimum Gasteiger partial charge on any atom is -0.367 e. The molecule has 1 aliphatic rings. The maximum Gasteiger partial charge on any atom is 0.294 e. The number of carbonyl (C=O) groups is 1. The van der Waals surface area contributed by atoms with E-state index in [1.165, 1.54) is 12.4 Å². The van der Waals surface area contributed by atoms with Crippen LogP contribution in [0.4, 0.5) is 11.4 Å². The third-order valence-corrected chi connectivity index (χ3v) is 5.28. The first-order chi connectivity index (χ1) is 14.0. The molecule has 0 unspecified atom stereocenters. The molecule has 0 spiro atoms. The number of nitrogens with zero attached hydrogens (tertiary/aromatic N) is 5. The maximum atomic E-state index is 12.9. The number of nitro groups is 1. The smallest absolute Gasteiger partial charge is 0.294 e. The number of halogens is 1. The summed E-state index contributed by atoms with van der Waals surface area (Å²) in [7, 11) is 0. The molecule has 2 heterocycles. The molecule has 29 heavy (non-hydrogen) atoms. The largest absolute Gasteiger partial charge is 0.367 e. The van der Waals surface area contributed by atoms with E-state index in [1.54, 1.807) is 34.0 Å². The first kappa shape index (κ1) is 18.9. The normalized spacial score (nSPS) is 14.1. The molecule has 1 aliphatic heterocycles. The summed E-state index contributed by atoms with van der Waals surface area (Å²) in [5.74, 6) is -0.218. The molecule has 8 nitrogen and oxygen atoms in total. The standard InChI is InChI=1S/C20H18ClN5O3/c21-16-3-1-2-4-17(16)23-9-11-24(12-10-23)20(27)15-5-6-18(19(13-15)26(28)29)25-8-7-22-14-25/h1-8,13-14H,9-12H2. The third kappa shape index (κ3) is 3.79. The summed E-state index contributed by atoms with van der Waals surface area (Å²) in [5, 5.41) is 12.2. The molecule has 0 saturated carbocycles. The van der Waals surface area contributed by atoms with Gasteiger partial charge in [0.05, 0.1) is 22.0 Å². The summed E-state index contributed by atoms with van der Waals surface area (Å²) >= 11 is 6.26. The van der Waals surface area contributed by atoms with Crippen LogP contribution in [-0.2, 0) is 0 Å². The third-order valence-electron chi connectivity index (χ3n) is 4.96. The van der Waals surface area contributed by atoms with Crippen molar-refractivity contribution in [2.75, 3.05) is 31.1 Å². The van der Waals surface area contributed by atoms with Gasteiger partial charge in [-0.1, -0.05) is 23.7 Å². The van der Waals surface area contributed by atoms with Crippen molar-refractivity contribution in [2.24, 2.45) is 0 Å². The van der Waals surface area contributed by atoms with Gasteiger partial charge in [0, 0.05) is 50.2 Å². The summed E-state index contributed by atoms with van der Waals surface area (Å²) in [6.45, 7) is 2.32. The second-order valence-electron chi connectivity index (χ2n) is 6.66. The van der Waals surface area contributed by atoms with Crippen molar-refractivity contribution < 1.29 is 9.72 Å². The molecule has 1 amide bonds. The number of rotatable bonds is 4. The molecule has 4 rings (SSSR count). The zero-order valence-electron chi connectivity index (χ0n) is 15.4. The SMILES string of the molecule is O=C(c1ccc(-n2ccnc2)c([N+](=O)[O-])c1)N1CCN(c2ccccc2Cl)CC1. The van der Waals surface area contributed by atoms with E-state index in [-0.39, 0.29) is 11.6 Å². The van der Waals surface area contributed by atoms with Gasteiger partial charge < -0.3 is 14.4 Å². The van der Waals surface area contributed by atoms with Crippen LogP contribution in [0.2, 0.25) is 5.02 Å². The summed E-state index contributed by atoms with van der Waals surface area (Å²) in [6, 6.07) is 12.1. The fraction of sp³-hybridized carbons (Fsp3) is 0.200. The van der Waals surface area contributed by atoms with Gasteiger partial charge in [-0.3, -0.25) is 14.9 Å². The Labute approximate surface area is 172 Å². The average molecular weight is 412 g/mol. The van der Waals surface area contributed by atoms with Crippen LogP contribution in [0.3, 0.4) is 0 Å². The molecule has 0 N–H and O–H groups in total. The summed E-state index contributed by atoms with van der Waals surface area (Å²) in [5.41, 5.74) is 1.48. The van der Waals surface area contributed by atoms with E-state index in [0.717, 1.165) is 5.69 Å². The van der Waals surface area contributed by atoms with E-state index < -0.39 is 4.92 Å². The van der Waals surface area contributed by atoms with Crippen LogP contribution >= 0.6 is 11.6 Å². The van der Waals surface area contributed by atoms with Crippen molar-refractivity contribution >= 4 is 28.9 Å². The molecule has 0 radical (unpaired) electrons. The van der Waals surface area contributed by atoms with Crippen molar-refractivity contribution in [1.82, 2.24) is 14.5 Å². The number of amides is 1. The number of hydrogen-bond donors (Lipinski definition) is 0. The first-order valence-corrected chi connectivity index (χ1v) is 9.48. The molecule has 2 aromatic carbocycles. The van der Waals surface area contributed by atoms with E-state index in [4.69, 9.17) is 11.6 Å². The Balaban J connectivity index is 1.51. The first-order valence-electron chi connectivity index (χ1n) is 9.10. The van der Waals surface area contributed by atoms with Gasteiger partial charge in [0.25, 0.3) is 11.6 Å². The number of hydrogen-bond acceptors (Lipinski definition) is 5. The Kier molecular flexibility index (Phi) is 5.18. The van der Waals surface area contributed by atoms with E-state index in [9.17, 15) is 14.9 Å². The number of carbonyl (C=O) groups excluding carboxylic acids is 1. The zero-order chi connectivity index (χ0) is 20.4. The second-order valence-corrected chi connectivity index (χ2v) is 7.07. The van der Waals surface area contributed by atoms with E-state index in [2.05, 4.69) is 9.88 Å². The van der Waals surface area contributed by atoms with Gasteiger partial charge in [-0.25, -0.2) is 4.98 Å². The number of para-hydroxylation sites is 1. The maximum absolute atomic E-state index is 12.9. The lowest BCUT2D eigenvalue weighted by Crippen LogP contribution is -2.48. The van der Waals surface area contributed by atoms with Gasteiger partial charge in [-0.05, 0) is 24.3 Å². The summed E-state index contributed by atoms with van der Waals surface area (Å²) < 4.78 is 1.55. The minimum atomic E-state index is -0.485. The molecule has 148 valence electrons.